The zero-order valence-corrected chi connectivity index (χ0v) is 16.0. The second-order valence-corrected chi connectivity index (χ2v) is 6.84. The molecule has 0 radical (unpaired) electrons. The Hall–Kier alpha value is -2.71. The van der Waals surface area contributed by atoms with Crippen LogP contribution in [0.5, 0.6) is 0 Å². The lowest BCUT2D eigenvalue weighted by atomic mass is 10.2. The van der Waals surface area contributed by atoms with Gasteiger partial charge in [0.15, 0.2) is 11.0 Å². The summed E-state index contributed by atoms with van der Waals surface area (Å²) in [6.07, 6.45) is 1.06. The monoisotopic (exact) mass is 383 g/mol. The van der Waals surface area contributed by atoms with Gasteiger partial charge in [-0.2, -0.15) is 0 Å². The Kier molecular flexibility index (Phi) is 6.20. The molecule has 0 aliphatic rings. The van der Waals surface area contributed by atoms with E-state index >= 15 is 0 Å². The Balaban J connectivity index is 1.69. The van der Waals surface area contributed by atoms with Crippen LogP contribution in [0.3, 0.4) is 0 Å². The summed E-state index contributed by atoms with van der Waals surface area (Å²) in [5.74, 6) is 0.834. The molecule has 27 heavy (non-hydrogen) atoms. The Morgan fingerprint density at radius 1 is 1.22 bits per heavy atom. The third-order valence-corrected chi connectivity index (χ3v) is 4.86. The largest absolute Gasteiger partial charge is 0.387 e. The minimum absolute atomic E-state index is 0.0960. The summed E-state index contributed by atoms with van der Waals surface area (Å²) in [4.78, 5) is 16.4. The predicted octanol–water partition coefficient (Wildman–Crippen LogP) is 3.14. The third-order valence-electron chi connectivity index (χ3n) is 3.90. The molecular weight excluding hydrogens is 362 g/mol. The maximum absolute atomic E-state index is 12.1. The number of pyridine rings is 1. The number of aliphatic hydroxyl groups is 1. The number of aliphatic hydroxyl groups excluding tert-OH is 1. The van der Waals surface area contributed by atoms with Crippen LogP contribution in [-0.2, 0) is 11.3 Å². The van der Waals surface area contributed by atoms with Gasteiger partial charge in [-0.3, -0.25) is 9.78 Å². The number of carbonyl (C=O) groups excluding carboxylic acids is 1. The molecule has 0 fully saturated rings. The molecule has 140 valence electrons. The maximum Gasteiger partial charge on any atom is 0.234 e. The van der Waals surface area contributed by atoms with Crippen molar-refractivity contribution in [1.82, 2.24) is 19.7 Å². The molecule has 2 heterocycles. The molecule has 1 unspecified atom stereocenters. The van der Waals surface area contributed by atoms with Gasteiger partial charge in [-0.05, 0) is 38.1 Å². The van der Waals surface area contributed by atoms with Crippen molar-refractivity contribution in [3.63, 3.8) is 0 Å². The molecule has 0 saturated carbocycles. The minimum Gasteiger partial charge on any atom is -0.387 e. The number of amides is 1. The van der Waals surface area contributed by atoms with Gasteiger partial charge in [0.2, 0.25) is 5.91 Å². The topological polar surface area (TPSA) is 92.9 Å². The number of para-hydroxylation sites is 1. The Labute approximate surface area is 161 Å². The number of thioether (sulfide) groups is 1. The standard InChI is InChI=1S/C19H21N5O2S/c1-3-24-18(14-9-10-16(13(2)25)20-11-14)22-23-19(24)27-12-17(26)21-15-7-5-4-6-8-15/h4-11,13,25H,3,12H2,1-2H3,(H,21,26). The number of nitrogens with one attached hydrogen (secondary N) is 1. The third kappa shape index (κ3) is 4.72. The van der Waals surface area contributed by atoms with Gasteiger partial charge in [0.25, 0.3) is 0 Å². The second kappa shape index (κ2) is 8.79. The van der Waals surface area contributed by atoms with Gasteiger partial charge in [-0.15, -0.1) is 10.2 Å². The van der Waals surface area contributed by atoms with E-state index in [4.69, 9.17) is 0 Å². The molecule has 1 amide bonds. The fraction of sp³-hybridized carbons (Fsp3) is 0.263. The van der Waals surface area contributed by atoms with Crippen molar-refractivity contribution < 1.29 is 9.90 Å². The quantitative estimate of drug-likeness (QED) is 0.609. The number of hydrogen-bond donors (Lipinski definition) is 2. The van der Waals surface area contributed by atoms with E-state index < -0.39 is 6.10 Å². The zero-order chi connectivity index (χ0) is 19.2. The SMILES string of the molecule is CCn1c(SCC(=O)Nc2ccccc2)nnc1-c1ccc(C(C)O)nc1. The molecule has 0 aliphatic heterocycles. The molecule has 0 saturated heterocycles. The molecule has 1 atom stereocenters. The summed E-state index contributed by atoms with van der Waals surface area (Å²) in [5, 5.41) is 21.6. The van der Waals surface area contributed by atoms with Crippen LogP contribution < -0.4 is 5.32 Å². The van der Waals surface area contributed by atoms with Crippen molar-refractivity contribution >= 4 is 23.4 Å². The highest BCUT2D eigenvalue weighted by molar-refractivity contribution is 7.99. The van der Waals surface area contributed by atoms with Gasteiger partial charge < -0.3 is 15.0 Å². The number of anilines is 1. The lowest BCUT2D eigenvalue weighted by molar-refractivity contribution is -0.113. The van der Waals surface area contributed by atoms with E-state index in [0.717, 1.165) is 11.3 Å². The van der Waals surface area contributed by atoms with Gasteiger partial charge in [-0.1, -0.05) is 30.0 Å². The van der Waals surface area contributed by atoms with Gasteiger partial charge in [0, 0.05) is 24.0 Å². The summed E-state index contributed by atoms with van der Waals surface area (Å²) in [7, 11) is 0. The van der Waals surface area contributed by atoms with Crippen LogP contribution >= 0.6 is 11.8 Å². The van der Waals surface area contributed by atoms with Crippen molar-refractivity contribution in [3.05, 3.63) is 54.4 Å². The predicted molar refractivity (Wildman–Crippen MR) is 105 cm³/mol. The molecule has 0 bridgehead atoms. The van der Waals surface area contributed by atoms with Crippen molar-refractivity contribution in [1.29, 1.82) is 0 Å². The Morgan fingerprint density at radius 3 is 2.63 bits per heavy atom. The molecule has 0 aliphatic carbocycles. The highest BCUT2D eigenvalue weighted by atomic mass is 32.2. The Morgan fingerprint density at radius 2 is 2.00 bits per heavy atom. The van der Waals surface area contributed by atoms with Crippen LogP contribution in [0.2, 0.25) is 0 Å². The summed E-state index contributed by atoms with van der Waals surface area (Å²) in [5.41, 5.74) is 2.19. The van der Waals surface area contributed by atoms with E-state index in [9.17, 15) is 9.90 Å². The number of hydrogen-bond acceptors (Lipinski definition) is 6. The van der Waals surface area contributed by atoms with E-state index in [1.54, 1.807) is 19.2 Å². The first-order chi connectivity index (χ1) is 13.1. The first-order valence-electron chi connectivity index (χ1n) is 8.63. The molecule has 2 aromatic heterocycles. The molecule has 2 N–H and O–H groups in total. The highest BCUT2D eigenvalue weighted by Crippen LogP contribution is 2.24. The fourth-order valence-corrected chi connectivity index (χ4v) is 3.33. The summed E-state index contributed by atoms with van der Waals surface area (Å²) in [6.45, 7) is 4.34. The van der Waals surface area contributed by atoms with Crippen LogP contribution in [0.15, 0.2) is 53.8 Å². The van der Waals surface area contributed by atoms with Crippen molar-refractivity contribution in [2.75, 3.05) is 11.1 Å². The number of aromatic nitrogens is 4. The highest BCUT2D eigenvalue weighted by Gasteiger charge is 2.15. The first kappa shape index (κ1) is 19.1. The summed E-state index contributed by atoms with van der Waals surface area (Å²) >= 11 is 1.34. The average molecular weight is 383 g/mol. The molecule has 3 aromatic rings. The van der Waals surface area contributed by atoms with Gasteiger partial charge >= 0.3 is 0 Å². The summed E-state index contributed by atoms with van der Waals surface area (Å²) in [6, 6.07) is 13.0. The fourth-order valence-electron chi connectivity index (χ4n) is 2.53. The van der Waals surface area contributed by atoms with Gasteiger partial charge in [0.1, 0.15) is 0 Å². The molecule has 8 heteroatoms. The van der Waals surface area contributed by atoms with Crippen molar-refractivity contribution in [3.8, 4) is 11.4 Å². The van der Waals surface area contributed by atoms with E-state index in [-0.39, 0.29) is 11.7 Å². The normalized spacial score (nSPS) is 12.0. The molecule has 7 nitrogen and oxygen atoms in total. The van der Waals surface area contributed by atoms with E-state index in [1.165, 1.54) is 11.8 Å². The molecule has 3 rings (SSSR count). The van der Waals surface area contributed by atoms with Crippen LogP contribution in [0, 0.1) is 0 Å². The number of carbonyl (C=O) groups is 1. The maximum atomic E-state index is 12.1. The van der Waals surface area contributed by atoms with Crippen molar-refractivity contribution in [2.24, 2.45) is 0 Å². The minimum atomic E-state index is -0.614. The van der Waals surface area contributed by atoms with Crippen LogP contribution in [0.25, 0.3) is 11.4 Å². The number of nitrogens with zero attached hydrogens (tertiary/aromatic N) is 4. The second-order valence-electron chi connectivity index (χ2n) is 5.90. The van der Waals surface area contributed by atoms with Crippen molar-refractivity contribution in [2.45, 2.75) is 31.7 Å². The van der Waals surface area contributed by atoms with E-state index in [0.29, 0.717) is 23.2 Å². The Bertz CT molecular complexity index is 894. The summed E-state index contributed by atoms with van der Waals surface area (Å²) < 4.78 is 1.94. The van der Waals surface area contributed by atoms with Crippen LogP contribution in [0.1, 0.15) is 25.6 Å². The lowest BCUT2D eigenvalue weighted by Gasteiger charge is -2.09. The van der Waals surface area contributed by atoms with Crippen LogP contribution in [-0.4, -0.2) is 36.5 Å². The molecule has 1 aromatic carbocycles. The lowest BCUT2D eigenvalue weighted by Crippen LogP contribution is -2.14. The molecule has 0 spiro atoms. The smallest absolute Gasteiger partial charge is 0.234 e. The number of rotatable bonds is 7. The van der Waals surface area contributed by atoms with E-state index in [2.05, 4.69) is 20.5 Å². The van der Waals surface area contributed by atoms with Gasteiger partial charge in [0.05, 0.1) is 17.6 Å². The van der Waals surface area contributed by atoms with E-state index in [1.807, 2.05) is 47.9 Å². The van der Waals surface area contributed by atoms with Gasteiger partial charge in [-0.25, -0.2) is 0 Å². The number of benzene rings is 1. The van der Waals surface area contributed by atoms with Crippen LogP contribution in [0.4, 0.5) is 5.69 Å². The molecular formula is C19H21N5O2S. The first-order valence-corrected chi connectivity index (χ1v) is 9.62. The zero-order valence-electron chi connectivity index (χ0n) is 15.2. The average Bonchev–Trinajstić information content (AvgIpc) is 3.10.